The van der Waals surface area contributed by atoms with Crippen LogP contribution in [0.2, 0.25) is 0 Å². The third kappa shape index (κ3) is 3.97. The summed E-state index contributed by atoms with van der Waals surface area (Å²) in [7, 11) is -3.07. The molecule has 0 radical (unpaired) electrons. The molecule has 4 heterocycles. The highest BCUT2D eigenvalue weighted by molar-refractivity contribution is 7.91. The van der Waals surface area contributed by atoms with Crippen molar-refractivity contribution in [1.82, 2.24) is 25.1 Å². The van der Waals surface area contributed by atoms with E-state index in [1.807, 2.05) is 22.2 Å². The summed E-state index contributed by atoms with van der Waals surface area (Å²) >= 11 is 1.60. The van der Waals surface area contributed by atoms with Crippen molar-refractivity contribution < 1.29 is 13.2 Å². The van der Waals surface area contributed by atoms with Crippen LogP contribution < -0.4 is 5.32 Å². The zero-order valence-corrected chi connectivity index (χ0v) is 16.6. The smallest absolute Gasteiger partial charge is 0.224 e. The molecule has 4 rings (SSSR count). The Balaban J connectivity index is 1.49. The minimum Gasteiger partial charge on any atom is -0.354 e. The molecule has 1 fully saturated rings. The lowest BCUT2D eigenvalue weighted by atomic mass is 10.1. The van der Waals surface area contributed by atoms with Gasteiger partial charge in [-0.2, -0.15) is 5.10 Å². The van der Waals surface area contributed by atoms with Gasteiger partial charge in [0.15, 0.2) is 9.84 Å². The van der Waals surface area contributed by atoms with Crippen LogP contribution >= 0.6 is 11.3 Å². The molecule has 1 saturated heterocycles. The molecule has 10 heteroatoms. The van der Waals surface area contributed by atoms with Gasteiger partial charge in [-0.15, -0.1) is 11.3 Å². The number of nitrogens with one attached hydrogen (secondary N) is 1. The van der Waals surface area contributed by atoms with Crippen LogP contribution in [0, 0.1) is 5.92 Å². The molecule has 146 valence electrons. The average molecular weight is 418 g/mol. The number of sulfone groups is 1. The lowest BCUT2D eigenvalue weighted by Crippen LogP contribution is -2.33. The molecule has 28 heavy (non-hydrogen) atoms. The topological polar surface area (TPSA) is 107 Å². The van der Waals surface area contributed by atoms with Gasteiger partial charge in [-0.1, -0.05) is 6.07 Å². The van der Waals surface area contributed by atoms with Gasteiger partial charge in [0.2, 0.25) is 5.91 Å². The predicted molar refractivity (Wildman–Crippen MR) is 106 cm³/mol. The van der Waals surface area contributed by atoms with E-state index in [9.17, 15) is 13.2 Å². The minimum absolute atomic E-state index is 0.0577. The molecule has 0 aromatic carbocycles. The molecular weight excluding hydrogens is 398 g/mol. The summed E-state index contributed by atoms with van der Waals surface area (Å²) in [6.45, 7) is 0.841. The lowest BCUT2D eigenvalue weighted by Gasteiger charge is -2.11. The van der Waals surface area contributed by atoms with E-state index in [4.69, 9.17) is 0 Å². The average Bonchev–Trinajstić information content (AvgIpc) is 3.41. The molecule has 0 spiro atoms. The molecule has 3 aromatic heterocycles. The molecule has 0 bridgehead atoms. The van der Waals surface area contributed by atoms with Gasteiger partial charge in [-0.3, -0.25) is 19.4 Å². The fourth-order valence-electron chi connectivity index (χ4n) is 3.28. The van der Waals surface area contributed by atoms with Crippen molar-refractivity contribution in [1.29, 1.82) is 0 Å². The van der Waals surface area contributed by atoms with Crippen molar-refractivity contribution >= 4 is 27.1 Å². The Labute approximate surface area is 166 Å². The molecule has 8 nitrogen and oxygen atoms in total. The molecular formula is C18H19N5O3S2. The Morgan fingerprint density at radius 2 is 2.21 bits per heavy atom. The largest absolute Gasteiger partial charge is 0.354 e. The maximum absolute atomic E-state index is 12.2. The summed E-state index contributed by atoms with van der Waals surface area (Å²) < 4.78 is 24.9. The molecule has 1 unspecified atom stereocenters. The number of carbonyl (C=O) groups excluding carboxylic acids is 1. The molecule has 0 saturated carbocycles. The normalized spacial score (nSPS) is 18.2. The van der Waals surface area contributed by atoms with Crippen molar-refractivity contribution in [2.75, 3.05) is 18.1 Å². The van der Waals surface area contributed by atoms with E-state index in [1.165, 1.54) is 0 Å². The van der Waals surface area contributed by atoms with Gasteiger partial charge in [-0.05, 0) is 17.9 Å². The Hall–Kier alpha value is -2.59. The number of hydrogen-bond acceptors (Lipinski definition) is 7. The second-order valence-corrected chi connectivity index (χ2v) is 9.77. The quantitative estimate of drug-likeness (QED) is 0.653. The molecule has 1 aliphatic rings. The number of carbonyl (C=O) groups is 1. The second kappa shape index (κ2) is 7.80. The molecule has 1 atom stereocenters. The van der Waals surface area contributed by atoms with Crippen LogP contribution in [0.1, 0.15) is 6.42 Å². The van der Waals surface area contributed by atoms with Crippen LogP contribution in [0.5, 0.6) is 0 Å². The van der Waals surface area contributed by atoms with E-state index in [0.717, 1.165) is 21.8 Å². The molecule has 1 amide bonds. The monoisotopic (exact) mass is 417 g/mol. The highest BCUT2D eigenvalue weighted by atomic mass is 32.2. The Kier molecular flexibility index (Phi) is 5.23. The highest BCUT2D eigenvalue weighted by Crippen LogP contribution is 2.33. The van der Waals surface area contributed by atoms with Crippen LogP contribution in [-0.4, -0.2) is 52.1 Å². The van der Waals surface area contributed by atoms with E-state index in [2.05, 4.69) is 20.4 Å². The minimum atomic E-state index is -3.07. The third-order valence-corrected chi connectivity index (χ3v) is 7.30. The maximum Gasteiger partial charge on any atom is 0.224 e. The SMILES string of the molecule is O=C(NCCn1ncc(-c2cnccn2)c1-c1cccs1)C1CCS(=O)(=O)C1. The Morgan fingerprint density at radius 1 is 1.32 bits per heavy atom. The van der Waals surface area contributed by atoms with Crippen molar-refractivity contribution in [2.24, 2.45) is 5.92 Å². The summed E-state index contributed by atoms with van der Waals surface area (Å²) in [6, 6.07) is 3.99. The Bertz CT molecular complexity index is 1060. The van der Waals surface area contributed by atoms with Gasteiger partial charge in [0.25, 0.3) is 0 Å². The fraction of sp³-hybridized carbons (Fsp3) is 0.333. The van der Waals surface area contributed by atoms with E-state index < -0.39 is 15.8 Å². The van der Waals surface area contributed by atoms with Crippen LogP contribution in [0.3, 0.4) is 0 Å². The van der Waals surface area contributed by atoms with E-state index in [0.29, 0.717) is 19.5 Å². The Morgan fingerprint density at radius 3 is 2.89 bits per heavy atom. The lowest BCUT2D eigenvalue weighted by molar-refractivity contribution is -0.124. The van der Waals surface area contributed by atoms with Crippen LogP contribution in [0.4, 0.5) is 0 Å². The summed E-state index contributed by atoms with van der Waals surface area (Å²) in [6.07, 6.45) is 7.11. The number of hydrogen-bond donors (Lipinski definition) is 1. The summed E-state index contributed by atoms with van der Waals surface area (Å²) in [5.41, 5.74) is 2.54. The molecule has 0 aliphatic carbocycles. The molecule has 1 N–H and O–H groups in total. The number of nitrogens with zero attached hydrogens (tertiary/aromatic N) is 4. The van der Waals surface area contributed by atoms with Gasteiger partial charge in [0.1, 0.15) is 0 Å². The number of aromatic nitrogens is 4. The molecule has 3 aromatic rings. The van der Waals surface area contributed by atoms with E-state index in [-0.39, 0.29) is 17.4 Å². The van der Waals surface area contributed by atoms with Crippen molar-refractivity contribution in [3.63, 3.8) is 0 Å². The van der Waals surface area contributed by atoms with Crippen molar-refractivity contribution in [2.45, 2.75) is 13.0 Å². The van der Waals surface area contributed by atoms with Gasteiger partial charge in [0.05, 0.1) is 52.6 Å². The van der Waals surface area contributed by atoms with Gasteiger partial charge >= 0.3 is 0 Å². The van der Waals surface area contributed by atoms with Gasteiger partial charge < -0.3 is 5.32 Å². The van der Waals surface area contributed by atoms with Crippen LogP contribution in [-0.2, 0) is 21.2 Å². The van der Waals surface area contributed by atoms with Crippen molar-refractivity contribution in [3.8, 4) is 21.8 Å². The first-order valence-electron chi connectivity index (χ1n) is 8.88. The summed E-state index contributed by atoms with van der Waals surface area (Å²) in [5, 5.41) is 9.31. The first-order chi connectivity index (χ1) is 13.5. The third-order valence-electron chi connectivity index (χ3n) is 4.66. The number of amides is 1. The zero-order valence-electron chi connectivity index (χ0n) is 15.0. The van der Waals surface area contributed by atoms with Crippen LogP contribution in [0.15, 0.2) is 42.3 Å². The predicted octanol–water partition coefficient (Wildman–Crippen LogP) is 1.62. The number of thiophene rings is 1. The van der Waals surface area contributed by atoms with Gasteiger partial charge in [-0.25, -0.2) is 8.42 Å². The molecule has 1 aliphatic heterocycles. The first-order valence-corrected chi connectivity index (χ1v) is 11.6. The zero-order chi connectivity index (χ0) is 19.6. The van der Waals surface area contributed by atoms with Gasteiger partial charge in [0, 0.05) is 24.5 Å². The summed E-state index contributed by atoms with van der Waals surface area (Å²) in [5.74, 6) is -0.624. The maximum atomic E-state index is 12.2. The van der Waals surface area contributed by atoms with Crippen molar-refractivity contribution in [3.05, 3.63) is 42.3 Å². The fourth-order valence-corrected chi connectivity index (χ4v) is 5.81. The van der Waals surface area contributed by atoms with Crippen LogP contribution in [0.25, 0.3) is 21.8 Å². The summed E-state index contributed by atoms with van der Waals surface area (Å²) in [4.78, 5) is 21.8. The van der Waals surface area contributed by atoms with E-state index >= 15 is 0 Å². The highest BCUT2D eigenvalue weighted by Gasteiger charge is 2.32. The first kappa shape index (κ1) is 18.8. The second-order valence-electron chi connectivity index (χ2n) is 6.59. The number of rotatable bonds is 6. The van der Waals surface area contributed by atoms with E-state index in [1.54, 1.807) is 36.1 Å². The standard InChI is InChI=1S/C18H19N5O3S2/c24-18(13-3-9-28(25,26)12-13)21-6-7-23-17(16-2-1-8-27-16)14(10-22-23)15-11-19-4-5-20-15/h1-2,4-5,8,10-11,13H,3,6-7,9,12H2,(H,21,24).